The van der Waals surface area contributed by atoms with Crippen molar-refractivity contribution >= 4 is 32.0 Å². The van der Waals surface area contributed by atoms with Crippen molar-refractivity contribution in [3.05, 3.63) is 39.9 Å². The Hall–Kier alpha value is -0.980. The maximum Gasteiger partial charge on any atom is 1.00 e. The summed E-state index contributed by atoms with van der Waals surface area (Å²) < 4.78 is 18.6. The van der Waals surface area contributed by atoms with Crippen LogP contribution in [0, 0.1) is 5.82 Å². The molecule has 1 saturated heterocycles. The molecule has 0 bridgehead atoms. The number of hydrogen-bond acceptors (Lipinski definition) is 5. The zero-order chi connectivity index (χ0) is 17.7. The van der Waals surface area contributed by atoms with Gasteiger partial charge in [-0.25, -0.2) is 4.39 Å². The number of carboxylic acid groups (broad SMARTS) is 1. The standard InChI is InChI=1S/C17H19FN3O3P.Na/c18-13-7-11-14(8-15(13)19-3-5-20(25)6-4-19)21(10-1-2-10)9-12(16(11)22)17(23)24;/h7-10H,1-6,25H2,(H,23,24);/q;+1/p-1. The number of hydrogen-bond donors (Lipinski definition) is 0. The molecule has 0 amide bonds. The summed E-state index contributed by atoms with van der Waals surface area (Å²) >= 11 is 0. The fourth-order valence-electron chi connectivity index (χ4n) is 3.36. The third kappa shape index (κ3) is 3.56. The van der Waals surface area contributed by atoms with Crippen molar-refractivity contribution in [1.82, 2.24) is 9.24 Å². The Balaban J connectivity index is 0.00000196. The van der Waals surface area contributed by atoms with Gasteiger partial charge in [0.15, 0.2) is 5.43 Å². The largest absolute Gasteiger partial charge is 1.00 e. The molecule has 1 aromatic heterocycles. The van der Waals surface area contributed by atoms with Crippen LogP contribution in [-0.4, -0.2) is 41.4 Å². The van der Waals surface area contributed by atoms with Gasteiger partial charge < -0.3 is 19.4 Å². The van der Waals surface area contributed by atoms with Crippen LogP contribution in [0.2, 0.25) is 0 Å². The first-order valence-electron chi connectivity index (χ1n) is 8.30. The number of fused-ring (bicyclic) bond motifs is 1. The molecule has 1 aliphatic heterocycles. The molecule has 1 aliphatic carbocycles. The van der Waals surface area contributed by atoms with Crippen LogP contribution in [-0.2, 0) is 0 Å². The number of anilines is 1. The van der Waals surface area contributed by atoms with E-state index < -0.39 is 22.8 Å². The Morgan fingerprint density at radius 1 is 1.19 bits per heavy atom. The maximum absolute atomic E-state index is 14.7. The first kappa shape index (κ1) is 19.8. The maximum atomic E-state index is 14.7. The predicted molar refractivity (Wildman–Crippen MR) is 94.3 cm³/mol. The van der Waals surface area contributed by atoms with Gasteiger partial charge in [0.1, 0.15) is 5.82 Å². The average Bonchev–Trinajstić information content (AvgIpc) is 3.41. The number of rotatable bonds is 3. The number of pyridine rings is 1. The van der Waals surface area contributed by atoms with Crippen molar-refractivity contribution in [2.24, 2.45) is 0 Å². The van der Waals surface area contributed by atoms with Gasteiger partial charge in [-0.15, -0.1) is 0 Å². The first-order chi connectivity index (χ1) is 12.0. The molecule has 132 valence electrons. The third-order valence-corrected chi connectivity index (χ3v) is 5.43. The van der Waals surface area contributed by atoms with E-state index in [0.29, 0.717) is 24.3 Å². The molecule has 1 aromatic carbocycles. The van der Waals surface area contributed by atoms with E-state index >= 15 is 0 Å². The second kappa shape index (κ2) is 7.56. The molecular formula is C17H18FN3NaO3P. The summed E-state index contributed by atoms with van der Waals surface area (Å²) in [5.41, 5.74) is -0.0573. The molecule has 2 heterocycles. The summed E-state index contributed by atoms with van der Waals surface area (Å²) in [6, 6.07) is 3.01. The molecule has 0 spiro atoms. The quantitative estimate of drug-likeness (QED) is 0.441. The Bertz CT molecular complexity index is 924. The third-order valence-electron chi connectivity index (χ3n) is 4.92. The minimum Gasteiger partial charge on any atom is -0.545 e. The fourth-order valence-corrected chi connectivity index (χ4v) is 3.59. The van der Waals surface area contributed by atoms with Gasteiger partial charge in [-0.05, 0) is 25.0 Å². The molecule has 1 saturated carbocycles. The monoisotopic (exact) mass is 385 g/mol. The molecule has 2 fully saturated rings. The van der Waals surface area contributed by atoms with Gasteiger partial charge >= 0.3 is 29.6 Å². The number of halogens is 1. The van der Waals surface area contributed by atoms with Crippen LogP contribution in [0.3, 0.4) is 0 Å². The number of aromatic carboxylic acids is 1. The van der Waals surface area contributed by atoms with Crippen LogP contribution >= 0.6 is 9.39 Å². The van der Waals surface area contributed by atoms with E-state index in [0.717, 1.165) is 25.9 Å². The Kier molecular flexibility index (Phi) is 5.75. The summed E-state index contributed by atoms with van der Waals surface area (Å²) in [4.78, 5) is 25.6. The summed E-state index contributed by atoms with van der Waals surface area (Å²) in [6.45, 7) is 3.00. The van der Waals surface area contributed by atoms with Gasteiger partial charge in [0.2, 0.25) is 0 Å². The van der Waals surface area contributed by atoms with Crippen molar-refractivity contribution in [2.75, 3.05) is 31.1 Å². The number of nitrogens with zero attached hydrogens (tertiary/aromatic N) is 3. The van der Waals surface area contributed by atoms with Crippen molar-refractivity contribution in [2.45, 2.75) is 18.9 Å². The van der Waals surface area contributed by atoms with Crippen molar-refractivity contribution < 1.29 is 43.8 Å². The Morgan fingerprint density at radius 3 is 2.42 bits per heavy atom. The molecule has 4 rings (SSSR count). The van der Waals surface area contributed by atoms with E-state index in [2.05, 4.69) is 14.1 Å². The molecule has 2 aliphatic rings. The summed E-state index contributed by atoms with van der Waals surface area (Å²) in [6.07, 6.45) is 3.19. The summed E-state index contributed by atoms with van der Waals surface area (Å²) in [5.74, 6) is -2.03. The van der Waals surface area contributed by atoms with Crippen molar-refractivity contribution in [3.8, 4) is 0 Å². The van der Waals surface area contributed by atoms with E-state index in [1.165, 1.54) is 12.3 Å². The number of carbonyl (C=O) groups excluding carboxylic acids is 1. The van der Waals surface area contributed by atoms with Crippen LogP contribution in [0.25, 0.3) is 10.9 Å². The number of carbonyl (C=O) groups is 1. The molecule has 2 aromatic rings. The molecule has 1 atom stereocenters. The minimum absolute atomic E-state index is 0. The van der Waals surface area contributed by atoms with E-state index in [4.69, 9.17) is 0 Å². The van der Waals surface area contributed by atoms with Gasteiger partial charge in [-0.3, -0.25) is 9.46 Å². The second-order valence-electron chi connectivity index (χ2n) is 6.64. The predicted octanol–water partition coefficient (Wildman–Crippen LogP) is -2.24. The van der Waals surface area contributed by atoms with Crippen LogP contribution in [0.4, 0.5) is 10.1 Å². The van der Waals surface area contributed by atoms with Gasteiger partial charge in [0.05, 0.1) is 22.7 Å². The number of aromatic nitrogens is 1. The van der Waals surface area contributed by atoms with Crippen LogP contribution in [0.1, 0.15) is 29.2 Å². The normalized spacial score (nSPS) is 18.0. The Labute approximate surface area is 174 Å². The summed E-state index contributed by atoms with van der Waals surface area (Å²) in [5, 5.41) is 11.4. The van der Waals surface area contributed by atoms with Gasteiger partial charge in [-0.1, -0.05) is 9.39 Å². The zero-order valence-corrected chi connectivity index (χ0v) is 17.7. The molecular weight excluding hydrogens is 367 g/mol. The van der Waals surface area contributed by atoms with E-state index in [9.17, 15) is 19.1 Å². The second-order valence-corrected chi connectivity index (χ2v) is 7.37. The first-order valence-corrected chi connectivity index (χ1v) is 8.81. The van der Waals surface area contributed by atoms with Gasteiger partial charge in [0.25, 0.3) is 0 Å². The van der Waals surface area contributed by atoms with Crippen molar-refractivity contribution in [3.63, 3.8) is 0 Å². The Morgan fingerprint density at radius 2 is 1.85 bits per heavy atom. The number of benzene rings is 1. The van der Waals surface area contributed by atoms with Crippen molar-refractivity contribution in [1.29, 1.82) is 0 Å². The summed E-state index contributed by atoms with van der Waals surface area (Å²) in [7, 11) is 2.65. The van der Waals surface area contributed by atoms with Crippen LogP contribution in [0.5, 0.6) is 0 Å². The number of piperazine rings is 1. The number of carboxylic acids is 1. The van der Waals surface area contributed by atoms with Gasteiger partial charge in [-0.2, -0.15) is 0 Å². The minimum atomic E-state index is -1.53. The van der Waals surface area contributed by atoms with Crippen LogP contribution in [0.15, 0.2) is 23.1 Å². The fraction of sp³-hybridized carbons (Fsp3) is 0.412. The van der Waals surface area contributed by atoms with E-state index in [1.807, 2.05) is 4.90 Å². The molecule has 0 radical (unpaired) electrons. The molecule has 0 N–H and O–H groups in total. The molecule has 6 nitrogen and oxygen atoms in total. The smallest absolute Gasteiger partial charge is 0.545 e. The molecule has 1 unspecified atom stereocenters. The van der Waals surface area contributed by atoms with E-state index in [-0.39, 0.29) is 41.0 Å². The van der Waals surface area contributed by atoms with Crippen LogP contribution < -0.4 is 45.0 Å². The van der Waals surface area contributed by atoms with E-state index in [1.54, 1.807) is 10.6 Å². The topological polar surface area (TPSA) is 68.6 Å². The van der Waals surface area contributed by atoms with Gasteiger partial charge in [0, 0.05) is 43.8 Å². The SMILES string of the molecule is O=C([O-])c1cn(C2CC2)c2cc(N3CCN(P)CC3)c(F)cc2c1=O.[Na+]. The average molecular weight is 385 g/mol. The molecule has 26 heavy (non-hydrogen) atoms. The molecule has 9 heteroatoms. The zero-order valence-electron chi connectivity index (χ0n) is 14.6.